The van der Waals surface area contributed by atoms with E-state index in [0.29, 0.717) is 27.1 Å². The molecule has 0 heterocycles. The standard InChI is InChI=1S/C16H15Cl2N3O2S/c1-22-14-7-10(8-20-21-16(19)24)6-13(18)15(14)23-9-11-4-2-3-5-12(11)17/h2-8H,9H2,1H3,(H3,19,21,24)/b20-8-. The average molecular weight is 384 g/mol. The number of nitrogens with one attached hydrogen (secondary N) is 1. The molecular formula is C16H15Cl2N3O2S. The molecule has 0 aliphatic rings. The van der Waals surface area contributed by atoms with E-state index in [0.717, 1.165) is 5.56 Å². The molecule has 0 aromatic heterocycles. The van der Waals surface area contributed by atoms with Crippen LogP contribution in [-0.2, 0) is 6.61 Å². The molecule has 0 saturated carbocycles. The summed E-state index contributed by atoms with van der Waals surface area (Å²) >= 11 is 17.1. The van der Waals surface area contributed by atoms with E-state index < -0.39 is 0 Å². The number of ether oxygens (including phenoxy) is 2. The van der Waals surface area contributed by atoms with Crippen molar-refractivity contribution in [3.05, 3.63) is 57.6 Å². The van der Waals surface area contributed by atoms with Crippen LogP contribution in [0, 0.1) is 0 Å². The van der Waals surface area contributed by atoms with Crippen LogP contribution in [0.3, 0.4) is 0 Å². The number of nitrogens with zero attached hydrogens (tertiary/aromatic N) is 1. The molecule has 2 rings (SSSR count). The van der Waals surface area contributed by atoms with E-state index in [1.807, 2.05) is 18.2 Å². The van der Waals surface area contributed by atoms with Gasteiger partial charge >= 0.3 is 0 Å². The number of rotatable bonds is 6. The largest absolute Gasteiger partial charge is 0.493 e. The number of thiocarbonyl (C=S) groups is 1. The Morgan fingerprint density at radius 3 is 2.71 bits per heavy atom. The topological polar surface area (TPSA) is 68.9 Å². The van der Waals surface area contributed by atoms with Gasteiger partial charge in [0.05, 0.1) is 18.3 Å². The minimum atomic E-state index is 0.0732. The molecule has 8 heteroatoms. The quantitative estimate of drug-likeness (QED) is 0.451. The second-order valence-electron chi connectivity index (χ2n) is 4.65. The number of halogens is 2. The lowest BCUT2D eigenvalue weighted by atomic mass is 10.2. The van der Waals surface area contributed by atoms with Gasteiger partial charge in [0.25, 0.3) is 0 Å². The Kier molecular flexibility index (Phi) is 6.66. The van der Waals surface area contributed by atoms with E-state index >= 15 is 0 Å². The molecule has 3 N–H and O–H groups in total. The van der Waals surface area contributed by atoms with E-state index in [9.17, 15) is 0 Å². The lowest BCUT2D eigenvalue weighted by molar-refractivity contribution is 0.285. The molecule has 2 aromatic carbocycles. The molecule has 0 aliphatic carbocycles. The normalized spacial score (nSPS) is 10.6. The Balaban J connectivity index is 2.19. The molecule has 24 heavy (non-hydrogen) atoms. The third-order valence-electron chi connectivity index (χ3n) is 2.97. The number of nitrogens with two attached hydrogens (primary N) is 1. The first-order valence-electron chi connectivity index (χ1n) is 6.83. The summed E-state index contributed by atoms with van der Waals surface area (Å²) < 4.78 is 11.1. The maximum Gasteiger partial charge on any atom is 0.184 e. The van der Waals surface area contributed by atoms with Crippen LogP contribution in [0.5, 0.6) is 11.5 Å². The van der Waals surface area contributed by atoms with Crippen molar-refractivity contribution >= 4 is 46.7 Å². The highest BCUT2D eigenvalue weighted by atomic mass is 35.5. The van der Waals surface area contributed by atoms with Gasteiger partial charge in [-0.25, -0.2) is 0 Å². The molecule has 0 aliphatic heterocycles. The number of hydrogen-bond donors (Lipinski definition) is 2. The number of hydrogen-bond acceptors (Lipinski definition) is 4. The predicted molar refractivity (Wildman–Crippen MR) is 101 cm³/mol. The molecule has 2 aromatic rings. The molecule has 0 atom stereocenters. The zero-order chi connectivity index (χ0) is 17.5. The molecule has 5 nitrogen and oxygen atoms in total. The summed E-state index contributed by atoms with van der Waals surface area (Å²) in [6.45, 7) is 0.270. The van der Waals surface area contributed by atoms with E-state index in [4.69, 9.17) is 38.4 Å². The molecule has 0 spiro atoms. The number of benzene rings is 2. The maximum absolute atomic E-state index is 6.29. The molecule has 0 unspecified atom stereocenters. The molecule has 0 amide bonds. The second kappa shape index (κ2) is 8.73. The van der Waals surface area contributed by atoms with Crippen LogP contribution in [0.15, 0.2) is 41.5 Å². The molecule has 0 fully saturated rings. The molecular weight excluding hydrogens is 369 g/mol. The first-order valence-corrected chi connectivity index (χ1v) is 8.00. The summed E-state index contributed by atoms with van der Waals surface area (Å²) in [5.74, 6) is 0.907. The minimum Gasteiger partial charge on any atom is -0.493 e. The molecule has 0 bridgehead atoms. The third kappa shape index (κ3) is 4.99. The van der Waals surface area contributed by atoms with Gasteiger partial charge in [0.2, 0.25) is 0 Å². The van der Waals surface area contributed by atoms with Gasteiger partial charge in [-0.2, -0.15) is 5.10 Å². The van der Waals surface area contributed by atoms with E-state index in [1.165, 1.54) is 13.3 Å². The van der Waals surface area contributed by atoms with E-state index in [1.54, 1.807) is 18.2 Å². The Hall–Kier alpha value is -2.02. The minimum absolute atomic E-state index is 0.0732. The van der Waals surface area contributed by atoms with Crippen molar-refractivity contribution in [2.24, 2.45) is 10.8 Å². The summed E-state index contributed by atoms with van der Waals surface area (Å²) in [6, 6.07) is 10.8. The Bertz CT molecular complexity index is 769. The van der Waals surface area contributed by atoms with Crippen LogP contribution in [-0.4, -0.2) is 18.4 Å². The zero-order valence-electron chi connectivity index (χ0n) is 12.8. The van der Waals surface area contributed by atoms with Crippen molar-refractivity contribution in [3.8, 4) is 11.5 Å². The Labute approximate surface area is 155 Å². The molecule has 0 saturated heterocycles. The monoisotopic (exact) mass is 383 g/mol. The van der Waals surface area contributed by atoms with Crippen LogP contribution in [0.4, 0.5) is 0 Å². The van der Waals surface area contributed by atoms with Gasteiger partial charge < -0.3 is 15.2 Å². The first kappa shape index (κ1) is 18.3. The van der Waals surface area contributed by atoms with Crippen LogP contribution in [0.1, 0.15) is 11.1 Å². The summed E-state index contributed by atoms with van der Waals surface area (Å²) in [4.78, 5) is 0. The Morgan fingerprint density at radius 1 is 1.29 bits per heavy atom. The highest BCUT2D eigenvalue weighted by Crippen LogP contribution is 2.36. The van der Waals surface area contributed by atoms with Gasteiger partial charge in [-0.05, 0) is 36.0 Å². The van der Waals surface area contributed by atoms with E-state index in [-0.39, 0.29) is 11.7 Å². The zero-order valence-corrected chi connectivity index (χ0v) is 15.1. The fourth-order valence-corrected chi connectivity index (χ4v) is 2.41. The SMILES string of the molecule is COc1cc(/C=N\NC(N)=S)cc(Cl)c1OCc1ccccc1Cl. The fourth-order valence-electron chi connectivity index (χ4n) is 1.89. The van der Waals surface area contributed by atoms with Gasteiger partial charge in [-0.1, -0.05) is 41.4 Å². The highest BCUT2D eigenvalue weighted by Gasteiger charge is 2.12. The highest BCUT2D eigenvalue weighted by molar-refractivity contribution is 7.80. The first-order chi connectivity index (χ1) is 11.5. The molecule has 0 radical (unpaired) electrons. The predicted octanol–water partition coefficient (Wildman–Crippen LogP) is 3.75. The second-order valence-corrected chi connectivity index (χ2v) is 5.90. The Morgan fingerprint density at radius 2 is 2.04 bits per heavy atom. The van der Waals surface area contributed by atoms with Gasteiger partial charge in [-0.15, -0.1) is 0 Å². The lowest BCUT2D eigenvalue weighted by Crippen LogP contribution is -2.23. The summed E-state index contributed by atoms with van der Waals surface area (Å²) in [5, 5.41) is 4.96. The smallest absolute Gasteiger partial charge is 0.184 e. The number of methoxy groups -OCH3 is 1. The van der Waals surface area contributed by atoms with E-state index in [2.05, 4.69) is 22.7 Å². The lowest BCUT2D eigenvalue weighted by Gasteiger charge is -2.14. The van der Waals surface area contributed by atoms with Crippen molar-refractivity contribution in [1.82, 2.24) is 5.43 Å². The van der Waals surface area contributed by atoms with Gasteiger partial charge in [-0.3, -0.25) is 5.43 Å². The fraction of sp³-hybridized carbons (Fsp3) is 0.125. The van der Waals surface area contributed by atoms with Crippen molar-refractivity contribution < 1.29 is 9.47 Å². The summed E-state index contributed by atoms with van der Waals surface area (Å²) in [7, 11) is 1.53. The number of hydrazone groups is 1. The maximum atomic E-state index is 6.29. The van der Waals surface area contributed by atoms with Crippen molar-refractivity contribution in [1.29, 1.82) is 0 Å². The van der Waals surface area contributed by atoms with Crippen LogP contribution < -0.4 is 20.6 Å². The van der Waals surface area contributed by atoms with Crippen molar-refractivity contribution in [3.63, 3.8) is 0 Å². The van der Waals surface area contributed by atoms with Crippen molar-refractivity contribution in [2.45, 2.75) is 6.61 Å². The van der Waals surface area contributed by atoms with Gasteiger partial charge in [0.15, 0.2) is 16.6 Å². The van der Waals surface area contributed by atoms with Crippen LogP contribution in [0.25, 0.3) is 0 Å². The van der Waals surface area contributed by atoms with Crippen LogP contribution in [0.2, 0.25) is 10.0 Å². The summed E-state index contributed by atoms with van der Waals surface area (Å²) in [6.07, 6.45) is 1.52. The van der Waals surface area contributed by atoms with Gasteiger partial charge in [0, 0.05) is 10.6 Å². The average Bonchev–Trinajstić information content (AvgIpc) is 2.54. The van der Waals surface area contributed by atoms with Gasteiger partial charge in [0.1, 0.15) is 6.61 Å². The molecule has 126 valence electrons. The summed E-state index contributed by atoms with van der Waals surface area (Å²) in [5.41, 5.74) is 9.32. The van der Waals surface area contributed by atoms with Crippen molar-refractivity contribution in [2.75, 3.05) is 7.11 Å². The van der Waals surface area contributed by atoms with Crippen LogP contribution >= 0.6 is 35.4 Å². The third-order valence-corrected chi connectivity index (χ3v) is 3.71.